The van der Waals surface area contributed by atoms with Crippen molar-refractivity contribution in [2.45, 2.75) is 13.0 Å². The van der Waals surface area contributed by atoms with E-state index >= 15 is 0 Å². The number of aromatic nitrogens is 1. The minimum absolute atomic E-state index is 0.0239. The number of hydrogen-bond acceptors (Lipinski definition) is 3. The summed E-state index contributed by atoms with van der Waals surface area (Å²) in [7, 11) is 0. The molecule has 2 atom stereocenters. The van der Waals surface area contributed by atoms with E-state index in [2.05, 4.69) is 15.6 Å². The molecule has 100 valence electrons. The molecular weight excluding hydrogens is 262 g/mol. The van der Waals surface area contributed by atoms with Gasteiger partial charge in [0.05, 0.1) is 11.7 Å². The Bertz CT molecular complexity index is 499. The Hall–Kier alpha value is -1.81. The van der Waals surface area contributed by atoms with Crippen molar-refractivity contribution in [1.82, 2.24) is 10.3 Å². The van der Waals surface area contributed by atoms with E-state index in [1.807, 2.05) is 30.4 Å². The lowest BCUT2D eigenvalue weighted by Crippen LogP contribution is -2.41. The van der Waals surface area contributed by atoms with Crippen molar-refractivity contribution in [2.75, 3.05) is 11.9 Å². The van der Waals surface area contributed by atoms with Gasteiger partial charge < -0.3 is 10.6 Å². The number of nitrogens with one attached hydrogen (secondary N) is 2. The topological polar surface area (TPSA) is 54.0 Å². The summed E-state index contributed by atoms with van der Waals surface area (Å²) in [5, 5.41) is 6.90. The molecule has 5 heteroatoms. The number of carbonyl (C=O) groups excluding carboxylic acids is 1. The van der Waals surface area contributed by atoms with Crippen LogP contribution in [0.3, 0.4) is 0 Å². The van der Waals surface area contributed by atoms with Crippen LogP contribution in [0.2, 0.25) is 0 Å². The molecule has 0 saturated heterocycles. The normalized spacial score (nSPS) is 21.7. The first-order valence-electron chi connectivity index (χ1n) is 6.11. The van der Waals surface area contributed by atoms with E-state index in [0.717, 1.165) is 10.7 Å². The summed E-state index contributed by atoms with van der Waals surface area (Å²) in [6, 6.07) is 3.72. The lowest BCUT2D eigenvalue weighted by Gasteiger charge is -2.27. The SMILES string of the molecule is CC(=O)NC1C=CC=C(Cl)C1CNc1cccnc1. The number of allylic oxidation sites excluding steroid dienone is 2. The molecule has 0 aromatic carbocycles. The molecule has 2 N–H and O–H groups in total. The third-order valence-electron chi connectivity index (χ3n) is 2.92. The molecule has 19 heavy (non-hydrogen) atoms. The fraction of sp³-hybridized carbons (Fsp3) is 0.286. The summed E-state index contributed by atoms with van der Waals surface area (Å²) in [5.74, 6) is -0.0387. The van der Waals surface area contributed by atoms with Crippen molar-refractivity contribution in [3.63, 3.8) is 0 Å². The van der Waals surface area contributed by atoms with Crippen molar-refractivity contribution >= 4 is 23.2 Å². The van der Waals surface area contributed by atoms with Crippen LogP contribution in [-0.2, 0) is 4.79 Å². The first kappa shape index (κ1) is 13.6. The number of pyridine rings is 1. The lowest BCUT2D eigenvalue weighted by atomic mass is 9.94. The van der Waals surface area contributed by atoms with Gasteiger partial charge in [-0.05, 0) is 18.2 Å². The van der Waals surface area contributed by atoms with E-state index in [4.69, 9.17) is 11.6 Å². The molecule has 0 radical (unpaired) electrons. The molecule has 2 rings (SSSR count). The first-order chi connectivity index (χ1) is 9.16. The smallest absolute Gasteiger partial charge is 0.217 e. The number of carbonyl (C=O) groups is 1. The number of hydrogen-bond donors (Lipinski definition) is 2. The Kier molecular flexibility index (Phi) is 4.58. The van der Waals surface area contributed by atoms with Crippen LogP contribution in [0.15, 0.2) is 47.8 Å². The van der Waals surface area contributed by atoms with Crippen molar-refractivity contribution in [2.24, 2.45) is 5.92 Å². The van der Waals surface area contributed by atoms with Crippen LogP contribution >= 0.6 is 11.6 Å². The molecule has 0 fully saturated rings. The molecule has 0 bridgehead atoms. The Labute approximate surface area is 117 Å². The zero-order valence-electron chi connectivity index (χ0n) is 10.6. The van der Waals surface area contributed by atoms with Crippen LogP contribution in [0, 0.1) is 5.92 Å². The molecule has 0 aliphatic heterocycles. The second-order valence-corrected chi connectivity index (χ2v) is 4.83. The third kappa shape index (κ3) is 3.83. The zero-order valence-corrected chi connectivity index (χ0v) is 11.4. The number of amides is 1. The van der Waals surface area contributed by atoms with Crippen LogP contribution in [0.5, 0.6) is 0 Å². The fourth-order valence-electron chi connectivity index (χ4n) is 2.00. The minimum atomic E-state index is -0.0841. The van der Waals surface area contributed by atoms with Crippen LogP contribution in [0.4, 0.5) is 5.69 Å². The predicted molar refractivity (Wildman–Crippen MR) is 76.9 cm³/mol. The van der Waals surface area contributed by atoms with Crippen LogP contribution < -0.4 is 10.6 Å². The lowest BCUT2D eigenvalue weighted by molar-refractivity contribution is -0.119. The van der Waals surface area contributed by atoms with Crippen molar-refractivity contribution in [3.05, 3.63) is 47.8 Å². The van der Waals surface area contributed by atoms with Gasteiger partial charge in [-0.2, -0.15) is 0 Å². The molecule has 1 aromatic rings. The Morgan fingerprint density at radius 1 is 1.53 bits per heavy atom. The average Bonchev–Trinajstić information content (AvgIpc) is 2.38. The van der Waals surface area contributed by atoms with E-state index in [0.29, 0.717) is 6.54 Å². The summed E-state index contributed by atoms with van der Waals surface area (Å²) in [4.78, 5) is 15.2. The number of anilines is 1. The quantitative estimate of drug-likeness (QED) is 0.888. The Morgan fingerprint density at radius 2 is 2.37 bits per heavy atom. The molecule has 2 unspecified atom stereocenters. The maximum absolute atomic E-state index is 11.2. The van der Waals surface area contributed by atoms with Gasteiger partial charge in [0.15, 0.2) is 0 Å². The maximum atomic E-state index is 11.2. The Balaban J connectivity index is 2.01. The highest BCUT2D eigenvalue weighted by atomic mass is 35.5. The number of halogens is 1. The van der Waals surface area contributed by atoms with Gasteiger partial charge in [0.25, 0.3) is 0 Å². The minimum Gasteiger partial charge on any atom is -0.383 e. The molecule has 1 aliphatic carbocycles. The molecule has 1 heterocycles. The largest absolute Gasteiger partial charge is 0.383 e. The Morgan fingerprint density at radius 3 is 3.05 bits per heavy atom. The van der Waals surface area contributed by atoms with E-state index in [1.165, 1.54) is 6.92 Å². The summed E-state index contributed by atoms with van der Waals surface area (Å²) in [6.07, 6.45) is 9.15. The van der Waals surface area contributed by atoms with E-state index in [-0.39, 0.29) is 17.9 Å². The van der Waals surface area contributed by atoms with Gasteiger partial charge in [0.2, 0.25) is 5.91 Å². The molecular formula is C14H16ClN3O. The predicted octanol–water partition coefficient (Wildman–Crippen LogP) is 2.31. The zero-order chi connectivity index (χ0) is 13.7. The fourth-order valence-corrected chi connectivity index (χ4v) is 2.29. The summed E-state index contributed by atoms with van der Waals surface area (Å²) >= 11 is 6.23. The van der Waals surface area contributed by atoms with Crippen molar-refractivity contribution in [1.29, 1.82) is 0 Å². The molecule has 1 aliphatic rings. The van der Waals surface area contributed by atoms with Crippen molar-refractivity contribution in [3.8, 4) is 0 Å². The maximum Gasteiger partial charge on any atom is 0.217 e. The van der Waals surface area contributed by atoms with Gasteiger partial charge in [-0.1, -0.05) is 23.8 Å². The summed E-state index contributed by atoms with van der Waals surface area (Å²) in [5.41, 5.74) is 0.933. The van der Waals surface area contributed by atoms with Crippen LogP contribution in [0.25, 0.3) is 0 Å². The summed E-state index contributed by atoms with van der Waals surface area (Å²) < 4.78 is 0. The van der Waals surface area contributed by atoms with E-state index in [9.17, 15) is 4.79 Å². The van der Waals surface area contributed by atoms with Crippen LogP contribution in [-0.4, -0.2) is 23.5 Å². The van der Waals surface area contributed by atoms with Gasteiger partial charge in [-0.15, -0.1) is 0 Å². The number of nitrogens with zero attached hydrogens (tertiary/aromatic N) is 1. The van der Waals surface area contributed by atoms with Crippen LogP contribution in [0.1, 0.15) is 6.92 Å². The highest BCUT2D eigenvalue weighted by Gasteiger charge is 2.24. The number of rotatable bonds is 4. The molecule has 4 nitrogen and oxygen atoms in total. The highest BCUT2D eigenvalue weighted by Crippen LogP contribution is 2.24. The monoisotopic (exact) mass is 277 g/mol. The molecule has 0 saturated carbocycles. The van der Waals surface area contributed by atoms with Gasteiger partial charge in [0, 0.05) is 36.8 Å². The standard InChI is InChI=1S/C14H16ClN3O/c1-10(19)18-14-6-2-5-13(15)12(14)9-17-11-4-3-7-16-8-11/h2-8,12,14,17H,9H2,1H3,(H,18,19). The second-order valence-electron chi connectivity index (χ2n) is 4.39. The third-order valence-corrected chi connectivity index (χ3v) is 3.33. The molecule has 1 amide bonds. The van der Waals surface area contributed by atoms with Crippen molar-refractivity contribution < 1.29 is 4.79 Å². The van der Waals surface area contributed by atoms with Gasteiger partial charge in [-0.3, -0.25) is 9.78 Å². The van der Waals surface area contributed by atoms with Gasteiger partial charge in [-0.25, -0.2) is 0 Å². The van der Waals surface area contributed by atoms with E-state index in [1.54, 1.807) is 12.4 Å². The molecule has 0 spiro atoms. The second kappa shape index (κ2) is 6.38. The highest BCUT2D eigenvalue weighted by molar-refractivity contribution is 6.30. The molecule has 1 aromatic heterocycles. The first-order valence-corrected chi connectivity index (χ1v) is 6.49. The summed E-state index contributed by atoms with van der Waals surface area (Å²) in [6.45, 7) is 2.14. The average molecular weight is 278 g/mol. The van der Waals surface area contributed by atoms with Gasteiger partial charge >= 0.3 is 0 Å². The van der Waals surface area contributed by atoms with Gasteiger partial charge in [0.1, 0.15) is 0 Å². The van der Waals surface area contributed by atoms with E-state index < -0.39 is 0 Å².